The van der Waals surface area contributed by atoms with Crippen LogP contribution in [0.4, 0.5) is 0 Å². The van der Waals surface area contributed by atoms with Gasteiger partial charge in [0.1, 0.15) is 11.7 Å². The number of esters is 2. The number of allylic oxidation sites excluding steroid dienone is 1. The van der Waals surface area contributed by atoms with Gasteiger partial charge in [-0.2, -0.15) is 0 Å². The molecule has 0 heterocycles. The second-order valence-electron chi connectivity index (χ2n) is 10.7. The van der Waals surface area contributed by atoms with E-state index in [0.29, 0.717) is 17.8 Å². The average molecular weight is 389 g/mol. The van der Waals surface area contributed by atoms with E-state index >= 15 is 0 Å². The van der Waals surface area contributed by atoms with Crippen LogP contribution in [0.2, 0.25) is 0 Å². The number of hydrogen-bond donors (Lipinski definition) is 0. The lowest BCUT2D eigenvalue weighted by Crippen LogP contribution is -2.53. The minimum absolute atomic E-state index is 0.0905. The maximum atomic E-state index is 11.6. The summed E-state index contributed by atoms with van der Waals surface area (Å²) in [7, 11) is 0. The van der Waals surface area contributed by atoms with Crippen molar-refractivity contribution < 1.29 is 19.1 Å². The molecular formula is C24H36O4. The molecular weight excluding hydrogens is 352 g/mol. The summed E-state index contributed by atoms with van der Waals surface area (Å²) in [5.41, 5.74) is 1.53. The van der Waals surface area contributed by atoms with Crippen molar-refractivity contribution >= 4 is 11.9 Å². The standard InChI is InChI=1S/C24H36O4/c1-15(25)27-21-9-8-19-18-7-6-17-14-22(3,28-16(2)26)12-13-23(17,4)20(18)10-11-24(19,21)5/h6,18-21H,7-14H2,1-5H3/t18-,19-,20-,21+,22-,23+,24+/m1/s1. The lowest BCUT2D eigenvalue weighted by molar-refractivity contribution is -0.161. The van der Waals surface area contributed by atoms with Crippen LogP contribution >= 0.6 is 0 Å². The van der Waals surface area contributed by atoms with Crippen LogP contribution in [-0.4, -0.2) is 23.6 Å². The quantitative estimate of drug-likeness (QED) is 0.482. The van der Waals surface area contributed by atoms with E-state index in [1.165, 1.54) is 25.3 Å². The van der Waals surface area contributed by atoms with Crippen LogP contribution in [0, 0.1) is 28.6 Å². The molecule has 4 nitrogen and oxygen atoms in total. The summed E-state index contributed by atoms with van der Waals surface area (Å²) in [6.45, 7) is 9.99. The Morgan fingerprint density at radius 3 is 2.39 bits per heavy atom. The SMILES string of the molecule is CC(=O)O[C@H]1CC[C@@H]2[C@H]3CC=C4C[C@](C)(OC(C)=O)CC[C@]4(C)[C@@H]3CC[C@]12C. The number of carbonyl (C=O) groups excluding carboxylic acids is 2. The summed E-state index contributed by atoms with van der Waals surface area (Å²) < 4.78 is 11.5. The fraction of sp³-hybridized carbons (Fsp3) is 0.833. The molecule has 156 valence electrons. The Morgan fingerprint density at radius 2 is 1.71 bits per heavy atom. The van der Waals surface area contributed by atoms with Crippen LogP contribution < -0.4 is 0 Å². The Hall–Kier alpha value is -1.32. The van der Waals surface area contributed by atoms with Crippen LogP contribution in [0.5, 0.6) is 0 Å². The first kappa shape index (κ1) is 20.0. The van der Waals surface area contributed by atoms with Gasteiger partial charge in [-0.1, -0.05) is 25.5 Å². The predicted octanol–water partition coefficient (Wildman–Crippen LogP) is 5.20. The molecule has 4 aliphatic carbocycles. The van der Waals surface area contributed by atoms with Crippen molar-refractivity contribution in [2.45, 2.75) is 97.7 Å². The molecule has 0 N–H and O–H groups in total. The van der Waals surface area contributed by atoms with Gasteiger partial charge in [0.05, 0.1) is 0 Å². The lowest BCUT2D eigenvalue weighted by atomic mass is 9.47. The first-order valence-electron chi connectivity index (χ1n) is 11.1. The second-order valence-corrected chi connectivity index (χ2v) is 10.7. The number of carbonyl (C=O) groups is 2. The van der Waals surface area contributed by atoms with Crippen molar-refractivity contribution in [3.05, 3.63) is 11.6 Å². The highest BCUT2D eigenvalue weighted by atomic mass is 16.6. The third-order valence-corrected chi connectivity index (χ3v) is 8.97. The minimum Gasteiger partial charge on any atom is -0.462 e. The molecule has 7 atom stereocenters. The highest BCUT2D eigenvalue weighted by Gasteiger charge is 2.60. The lowest BCUT2D eigenvalue weighted by Gasteiger charge is -2.58. The van der Waals surface area contributed by atoms with E-state index in [4.69, 9.17) is 9.47 Å². The summed E-state index contributed by atoms with van der Waals surface area (Å²) in [6.07, 6.45) is 11.2. The zero-order chi connectivity index (χ0) is 20.3. The fourth-order valence-electron chi connectivity index (χ4n) is 7.57. The molecule has 0 aromatic carbocycles. The van der Waals surface area contributed by atoms with E-state index in [0.717, 1.165) is 38.5 Å². The Labute approximate surface area is 169 Å². The molecule has 0 saturated heterocycles. The van der Waals surface area contributed by atoms with Gasteiger partial charge in [0.15, 0.2) is 0 Å². The normalized spacial score (nSPS) is 47.2. The molecule has 0 amide bonds. The largest absolute Gasteiger partial charge is 0.462 e. The van der Waals surface area contributed by atoms with E-state index in [1.54, 1.807) is 6.92 Å². The third kappa shape index (κ3) is 3.02. The van der Waals surface area contributed by atoms with Gasteiger partial charge in [-0.3, -0.25) is 9.59 Å². The van der Waals surface area contributed by atoms with Crippen molar-refractivity contribution in [1.29, 1.82) is 0 Å². The van der Waals surface area contributed by atoms with Gasteiger partial charge in [0.25, 0.3) is 0 Å². The summed E-state index contributed by atoms with van der Waals surface area (Å²) in [4.78, 5) is 23.2. The van der Waals surface area contributed by atoms with Crippen LogP contribution in [0.25, 0.3) is 0 Å². The fourth-order valence-corrected chi connectivity index (χ4v) is 7.57. The molecule has 4 heteroatoms. The highest BCUT2D eigenvalue weighted by Crippen LogP contribution is 2.66. The van der Waals surface area contributed by atoms with Gasteiger partial charge in [-0.15, -0.1) is 0 Å². The zero-order valence-electron chi connectivity index (χ0n) is 18.2. The van der Waals surface area contributed by atoms with E-state index < -0.39 is 0 Å². The van der Waals surface area contributed by atoms with Crippen LogP contribution in [0.15, 0.2) is 11.6 Å². The first-order valence-corrected chi connectivity index (χ1v) is 11.1. The molecule has 4 rings (SSSR count). The minimum atomic E-state index is -0.346. The van der Waals surface area contributed by atoms with Crippen LogP contribution in [0.3, 0.4) is 0 Å². The maximum absolute atomic E-state index is 11.6. The number of hydrogen-bond acceptors (Lipinski definition) is 4. The molecule has 0 radical (unpaired) electrons. The van der Waals surface area contributed by atoms with Gasteiger partial charge in [0.2, 0.25) is 0 Å². The summed E-state index contributed by atoms with van der Waals surface area (Å²) in [5, 5.41) is 0. The van der Waals surface area contributed by atoms with E-state index in [2.05, 4.69) is 26.8 Å². The van der Waals surface area contributed by atoms with E-state index in [9.17, 15) is 9.59 Å². The van der Waals surface area contributed by atoms with Crippen LogP contribution in [-0.2, 0) is 19.1 Å². The van der Waals surface area contributed by atoms with Crippen LogP contribution in [0.1, 0.15) is 86.0 Å². The maximum Gasteiger partial charge on any atom is 0.303 e. The van der Waals surface area contributed by atoms with Crippen molar-refractivity contribution in [3.63, 3.8) is 0 Å². The number of ether oxygens (including phenoxy) is 2. The molecule has 3 fully saturated rings. The topological polar surface area (TPSA) is 52.6 Å². The van der Waals surface area contributed by atoms with E-state index in [-0.39, 0.29) is 34.5 Å². The summed E-state index contributed by atoms with van der Waals surface area (Å²) in [5.74, 6) is 1.72. The molecule has 4 aliphatic rings. The molecule has 0 aromatic rings. The molecule has 3 saturated carbocycles. The van der Waals surface area contributed by atoms with Gasteiger partial charge in [0, 0.05) is 25.7 Å². The summed E-state index contributed by atoms with van der Waals surface area (Å²) in [6, 6.07) is 0. The smallest absolute Gasteiger partial charge is 0.303 e. The second kappa shape index (κ2) is 6.60. The Balaban J connectivity index is 1.58. The third-order valence-electron chi connectivity index (χ3n) is 8.97. The Kier molecular flexibility index (Phi) is 4.71. The highest BCUT2D eigenvalue weighted by molar-refractivity contribution is 5.66. The van der Waals surface area contributed by atoms with Crippen molar-refractivity contribution in [2.24, 2.45) is 28.6 Å². The zero-order valence-corrected chi connectivity index (χ0v) is 18.2. The van der Waals surface area contributed by atoms with Gasteiger partial charge >= 0.3 is 11.9 Å². The van der Waals surface area contributed by atoms with Gasteiger partial charge in [-0.05, 0) is 75.0 Å². The van der Waals surface area contributed by atoms with Crippen molar-refractivity contribution in [1.82, 2.24) is 0 Å². The van der Waals surface area contributed by atoms with Crippen molar-refractivity contribution in [3.8, 4) is 0 Å². The summed E-state index contributed by atoms with van der Waals surface area (Å²) >= 11 is 0. The van der Waals surface area contributed by atoms with Crippen molar-refractivity contribution in [2.75, 3.05) is 0 Å². The molecule has 0 aliphatic heterocycles. The van der Waals surface area contributed by atoms with E-state index in [1.807, 2.05) is 0 Å². The average Bonchev–Trinajstić information content (AvgIpc) is 2.91. The Bertz CT molecular complexity index is 711. The first-order chi connectivity index (χ1) is 13.1. The number of fused-ring (bicyclic) bond motifs is 5. The molecule has 0 unspecified atom stereocenters. The molecule has 0 spiro atoms. The van der Waals surface area contributed by atoms with Gasteiger partial charge in [-0.25, -0.2) is 0 Å². The molecule has 28 heavy (non-hydrogen) atoms. The molecule has 0 aromatic heterocycles. The monoisotopic (exact) mass is 388 g/mol. The predicted molar refractivity (Wildman–Crippen MR) is 107 cm³/mol. The molecule has 0 bridgehead atoms. The number of rotatable bonds is 2. The van der Waals surface area contributed by atoms with Gasteiger partial charge < -0.3 is 9.47 Å². The Morgan fingerprint density at radius 1 is 0.964 bits per heavy atom.